The van der Waals surface area contributed by atoms with Gasteiger partial charge in [-0.2, -0.15) is 9.37 Å². The Hall–Kier alpha value is -6.47. The number of piperazine rings is 2. The maximum absolute atomic E-state index is 14.3. The van der Waals surface area contributed by atoms with Gasteiger partial charge in [0.25, 0.3) is 0 Å². The summed E-state index contributed by atoms with van der Waals surface area (Å²) in [6, 6.07) is 19.3. The number of hydrogen-bond acceptors (Lipinski definition) is 16. The van der Waals surface area contributed by atoms with Crippen molar-refractivity contribution in [1.82, 2.24) is 59.9 Å². The molecule has 0 saturated carbocycles. The minimum absolute atomic E-state index is 0.292. The molecule has 18 heteroatoms. The minimum atomic E-state index is -0.597. The number of nitrogens with one attached hydrogen (secondary N) is 3. The van der Waals surface area contributed by atoms with Gasteiger partial charge in [-0.25, -0.2) is 24.9 Å². The lowest BCUT2D eigenvalue weighted by Crippen LogP contribution is -2.46. The molecule has 2 fully saturated rings. The van der Waals surface area contributed by atoms with Crippen molar-refractivity contribution >= 4 is 56.7 Å². The van der Waals surface area contributed by atoms with Crippen LogP contribution in [0.1, 0.15) is 25.1 Å². The first-order valence-electron chi connectivity index (χ1n) is 20.7. The normalized spacial score (nSPS) is 14.9. The van der Waals surface area contributed by atoms with Gasteiger partial charge < -0.3 is 34.8 Å². The number of halogens is 1. The van der Waals surface area contributed by atoms with Crippen molar-refractivity contribution in [3.8, 4) is 11.4 Å². The molecule has 0 radical (unpaired) electrons. The number of benzene rings is 2. The van der Waals surface area contributed by atoms with Crippen molar-refractivity contribution in [3.05, 3.63) is 96.6 Å². The largest absolute Gasteiger partial charge is 0.354 e. The summed E-state index contributed by atoms with van der Waals surface area (Å²) in [6.07, 6.45) is 5.30. The van der Waals surface area contributed by atoms with Gasteiger partial charge >= 0.3 is 0 Å². The first-order chi connectivity index (χ1) is 29.8. The van der Waals surface area contributed by atoms with Crippen LogP contribution in [0.2, 0.25) is 0 Å². The minimum Gasteiger partial charge on any atom is -0.354 e. The fourth-order valence-electron chi connectivity index (χ4n) is 7.38. The molecule has 0 spiro atoms. The first-order valence-corrected chi connectivity index (χ1v) is 20.7. The highest BCUT2D eigenvalue weighted by molar-refractivity contribution is 5.89. The fourth-order valence-corrected chi connectivity index (χ4v) is 7.38. The number of pyridine rings is 2. The van der Waals surface area contributed by atoms with E-state index in [0.717, 1.165) is 117 Å². The highest BCUT2D eigenvalue weighted by Gasteiger charge is 2.20. The van der Waals surface area contributed by atoms with Crippen LogP contribution in [0, 0.1) is 12.9 Å². The molecule has 61 heavy (non-hydrogen) atoms. The van der Waals surface area contributed by atoms with E-state index in [-0.39, 0.29) is 0 Å². The zero-order valence-corrected chi connectivity index (χ0v) is 35.1. The number of hydrogen-bond donors (Lipinski definition) is 4. The number of nitrogens with zero attached hydrogens (tertiary/aromatic N) is 13. The van der Waals surface area contributed by atoms with Crippen LogP contribution < -0.4 is 31.7 Å². The van der Waals surface area contributed by atoms with E-state index in [4.69, 9.17) is 15.8 Å². The van der Waals surface area contributed by atoms with Gasteiger partial charge in [0.2, 0.25) is 5.95 Å². The predicted molar refractivity (Wildman–Crippen MR) is 239 cm³/mol. The van der Waals surface area contributed by atoms with E-state index in [1.807, 2.05) is 48.0 Å². The van der Waals surface area contributed by atoms with Crippen molar-refractivity contribution in [2.45, 2.75) is 33.9 Å². The van der Waals surface area contributed by atoms with Gasteiger partial charge in [-0.15, -0.1) is 10.2 Å². The summed E-state index contributed by atoms with van der Waals surface area (Å²) >= 11 is 0. The number of likely N-dealkylation sites (N-methyl/N-ethyl adjacent to an activating group) is 2. The molecule has 0 amide bonds. The number of aryl methyl sites for hydroxylation is 2. The van der Waals surface area contributed by atoms with Gasteiger partial charge in [-0.1, -0.05) is 24.6 Å². The van der Waals surface area contributed by atoms with Crippen LogP contribution in [0.15, 0.2) is 79.4 Å². The molecule has 0 atom stereocenters. The van der Waals surface area contributed by atoms with E-state index in [1.165, 1.54) is 11.6 Å². The monoisotopic (exact) mass is 825 g/mol. The highest BCUT2D eigenvalue weighted by atomic mass is 19.1. The second kappa shape index (κ2) is 18.8. The van der Waals surface area contributed by atoms with Gasteiger partial charge in [0, 0.05) is 81.9 Å². The molecular weight excluding hydrogens is 774 g/mol. The molecule has 9 rings (SSSR count). The molecule has 0 bridgehead atoms. The molecule has 2 aliphatic heterocycles. The summed E-state index contributed by atoms with van der Waals surface area (Å²) in [5, 5.41) is 14.9. The van der Waals surface area contributed by atoms with Gasteiger partial charge in [-0.05, 0) is 69.9 Å². The van der Waals surface area contributed by atoms with Crippen LogP contribution in [0.25, 0.3) is 33.7 Å². The summed E-state index contributed by atoms with van der Waals surface area (Å²) in [6.45, 7) is 16.2. The SMILES string of the molecule is CCN1CCN(c2cnc3c(Nc4ccc(-c5nncn5CC)cc4)cc(F)nc3n2)CC1.Cc1ccc(Nc2cc(CNN)nc3nc(N4CCN(C)CC4)cnc23)cc1. The van der Waals surface area contributed by atoms with Crippen molar-refractivity contribution < 1.29 is 4.39 Å². The van der Waals surface area contributed by atoms with E-state index < -0.39 is 5.95 Å². The first kappa shape index (κ1) is 41.3. The van der Waals surface area contributed by atoms with Crippen LogP contribution in [-0.4, -0.2) is 120 Å². The zero-order valence-electron chi connectivity index (χ0n) is 35.1. The zero-order chi connectivity index (χ0) is 42.3. The molecule has 7 heterocycles. The third-order valence-corrected chi connectivity index (χ3v) is 11.0. The van der Waals surface area contributed by atoms with E-state index in [2.05, 4.69) is 111 Å². The molecule has 316 valence electrons. The van der Waals surface area contributed by atoms with Crippen molar-refractivity contribution in [2.24, 2.45) is 5.84 Å². The topological polar surface area (TPSA) is 183 Å². The number of rotatable bonds is 11. The van der Waals surface area contributed by atoms with Gasteiger partial charge in [0.05, 0.1) is 36.0 Å². The average molecular weight is 826 g/mol. The predicted octanol–water partition coefficient (Wildman–Crippen LogP) is 5.12. The summed E-state index contributed by atoms with van der Waals surface area (Å²) in [4.78, 5) is 36.5. The van der Waals surface area contributed by atoms with Crippen molar-refractivity contribution in [3.63, 3.8) is 0 Å². The Morgan fingerprint density at radius 1 is 0.689 bits per heavy atom. The number of anilines is 6. The lowest BCUT2D eigenvalue weighted by atomic mass is 10.2. The smallest absolute Gasteiger partial charge is 0.217 e. The number of fused-ring (bicyclic) bond motifs is 2. The van der Waals surface area contributed by atoms with E-state index in [9.17, 15) is 4.39 Å². The van der Waals surface area contributed by atoms with E-state index in [0.29, 0.717) is 29.0 Å². The van der Waals surface area contributed by atoms with E-state index >= 15 is 0 Å². The van der Waals surface area contributed by atoms with Crippen LogP contribution in [0.5, 0.6) is 0 Å². The molecule has 0 unspecified atom stereocenters. The number of hydrazine groups is 1. The van der Waals surface area contributed by atoms with Crippen LogP contribution >= 0.6 is 0 Å². The van der Waals surface area contributed by atoms with E-state index in [1.54, 1.807) is 12.5 Å². The Morgan fingerprint density at radius 2 is 1.26 bits per heavy atom. The number of nitrogens with two attached hydrogens (primary N) is 1. The molecule has 5 aromatic heterocycles. The maximum atomic E-state index is 14.3. The molecule has 17 nitrogen and oxygen atoms in total. The Labute approximate surface area is 354 Å². The average Bonchev–Trinajstić information content (AvgIpc) is 3.77. The Bertz CT molecular complexity index is 2550. The van der Waals surface area contributed by atoms with Crippen molar-refractivity contribution in [2.75, 3.05) is 86.4 Å². The molecule has 0 aliphatic carbocycles. The fraction of sp³-hybridized carbons (Fsp3) is 0.349. The lowest BCUT2D eigenvalue weighted by molar-refractivity contribution is 0.270. The third kappa shape index (κ3) is 9.78. The van der Waals surface area contributed by atoms with Gasteiger partial charge in [-0.3, -0.25) is 11.3 Å². The standard InChI is InChI=1S/C23H26FN9.C20H26N8/c1-3-31-9-11-33(12-10-31)20-14-25-21-18(13-19(24)28-22(21)29-20)27-17-7-5-16(6-8-17)23-30-26-15-32(23)4-2;1-14-3-5-15(6-4-14)24-17-11-16(12-23-21)25-20-19(17)22-13-18(26-20)28-9-7-27(2)8-10-28/h5-8,13-15H,3-4,9-12H2,1-2H3,(H,27,28,29);3-6,11,13,23H,7-10,12,21H2,1-2H3,(H,24,25,26). The Morgan fingerprint density at radius 3 is 1.85 bits per heavy atom. The molecule has 2 saturated heterocycles. The quantitative estimate of drug-likeness (QED) is 0.0766. The highest BCUT2D eigenvalue weighted by Crippen LogP contribution is 2.29. The number of aromatic nitrogens is 9. The van der Waals surface area contributed by atoms with Crippen LogP contribution in [0.4, 0.5) is 38.8 Å². The summed E-state index contributed by atoms with van der Waals surface area (Å²) in [5.41, 5.74) is 11.1. The molecular formula is C43H52FN17. The Balaban J connectivity index is 0.000000171. The second-order valence-electron chi connectivity index (χ2n) is 15.2. The third-order valence-electron chi connectivity index (χ3n) is 11.0. The van der Waals surface area contributed by atoms with Crippen molar-refractivity contribution in [1.29, 1.82) is 0 Å². The van der Waals surface area contributed by atoms with Gasteiger partial charge in [0.1, 0.15) is 29.0 Å². The van der Waals surface area contributed by atoms with Crippen LogP contribution in [0.3, 0.4) is 0 Å². The second-order valence-corrected chi connectivity index (χ2v) is 15.2. The maximum Gasteiger partial charge on any atom is 0.217 e. The Kier molecular flexibility index (Phi) is 12.8. The molecule has 2 aromatic carbocycles. The summed E-state index contributed by atoms with van der Waals surface area (Å²) < 4.78 is 16.3. The summed E-state index contributed by atoms with van der Waals surface area (Å²) in [5.74, 6) is 7.33. The van der Waals surface area contributed by atoms with Gasteiger partial charge in [0.15, 0.2) is 17.1 Å². The molecule has 2 aliphatic rings. The molecule has 7 aromatic rings. The molecule has 5 N–H and O–H groups in total. The van der Waals surface area contributed by atoms with Crippen LogP contribution in [-0.2, 0) is 13.1 Å². The lowest BCUT2D eigenvalue weighted by Gasteiger charge is -2.34. The summed E-state index contributed by atoms with van der Waals surface area (Å²) in [7, 11) is 2.14.